The van der Waals surface area contributed by atoms with Gasteiger partial charge < -0.3 is 9.47 Å². The molecule has 1 aromatic rings. The standard InChI is InChI=1S/C17H22N2O4/c1-17(2)9-12(8-13(20)10-17)18-19-16(21)11-23-15-6-4-14(22-3)5-7-15/h4-7H,8-11H2,1-3H3,(H,19,21). The van der Waals surface area contributed by atoms with Crippen LogP contribution >= 0.6 is 0 Å². The highest BCUT2D eigenvalue weighted by molar-refractivity contribution is 6.05. The molecule has 0 spiro atoms. The molecule has 1 aliphatic rings. The minimum atomic E-state index is -0.357. The van der Waals surface area contributed by atoms with Gasteiger partial charge in [0.1, 0.15) is 17.3 Å². The number of hydrogen-bond acceptors (Lipinski definition) is 5. The number of carbonyl (C=O) groups excluding carboxylic acids is 2. The van der Waals surface area contributed by atoms with Gasteiger partial charge in [-0.2, -0.15) is 5.10 Å². The van der Waals surface area contributed by atoms with Gasteiger partial charge in [-0.25, -0.2) is 5.43 Å². The molecule has 2 rings (SSSR count). The first-order chi connectivity index (χ1) is 10.9. The van der Waals surface area contributed by atoms with E-state index in [9.17, 15) is 9.59 Å². The van der Waals surface area contributed by atoms with Gasteiger partial charge in [0.2, 0.25) is 0 Å². The molecular weight excluding hydrogens is 296 g/mol. The van der Waals surface area contributed by atoms with E-state index in [0.717, 1.165) is 5.75 Å². The normalized spacial score (nSPS) is 18.6. The van der Waals surface area contributed by atoms with Crippen LogP contribution in [0.4, 0.5) is 0 Å². The lowest BCUT2D eigenvalue weighted by molar-refractivity contribution is -0.123. The summed E-state index contributed by atoms with van der Waals surface area (Å²) in [5.41, 5.74) is 3.06. The number of carbonyl (C=O) groups is 2. The van der Waals surface area contributed by atoms with E-state index in [0.29, 0.717) is 30.7 Å². The van der Waals surface area contributed by atoms with Crippen LogP contribution in [0.15, 0.2) is 29.4 Å². The van der Waals surface area contributed by atoms with Crippen LogP contribution < -0.4 is 14.9 Å². The quantitative estimate of drug-likeness (QED) is 0.845. The Hall–Kier alpha value is -2.37. The van der Waals surface area contributed by atoms with Gasteiger partial charge in [-0.1, -0.05) is 13.8 Å². The smallest absolute Gasteiger partial charge is 0.277 e. The molecule has 0 saturated heterocycles. The maximum atomic E-state index is 11.8. The Morgan fingerprint density at radius 3 is 2.48 bits per heavy atom. The molecule has 0 unspecified atom stereocenters. The first kappa shape index (κ1) is 17.0. The van der Waals surface area contributed by atoms with Crippen molar-refractivity contribution < 1.29 is 19.1 Å². The number of methoxy groups -OCH3 is 1. The SMILES string of the molecule is COc1ccc(OCC(=O)NN=C2CC(=O)CC(C)(C)C2)cc1. The molecule has 1 fully saturated rings. The monoisotopic (exact) mass is 318 g/mol. The highest BCUT2D eigenvalue weighted by atomic mass is 16.5. The van der Waals surface area contributed by atoms with Crippen molar-refractivity contribution in [3.8, 4) is 11.5 Å². The lowest BCUT2D eigenvalue weighted by Gasteiger charge is -2.28. The van der Waals surface area contributed by atoms with Gasteiger partial charge in [-0.15, -0.1) is 0 Å². The fourth-order valence-corrected chi connectivity index (χ4v) is 2.57. The van der Waals surface area contributed by atoms with Crippen molar-refractivity contribution in [3.05, 3.63) is 24.3 Å². The highest BCUT2D eigenvalue weighted by Gasteiger charge is 2.30. The van der Waals surface area contributed by atoms with Gasteiger partial charge in [0.25, 0.3) is 5.91 Å². The summed E-state index contributed by atoms with van der Waals surface area (Å²) in [7, 11) is 1.58. The third-order valence-electron chi connectivity index (χ3n) is 3.53. The Morgan fingerprint density at radius 1 is 1.22 bits per heavy atom. The van der Waals surface area contributed by atoms with Crippen molar-refractivity contribution in [1.29, 1.82) is 0 Å². The molecule has 6 nitrogen and oxygen atoms in total. The van der Waals surface area contributed by atoms with Crippen LogP contribution in [-0.2, 0) is 9.59 Å². The number of Topliss-reactive ketones (excluding diaryl/α,β-unsaturated/α-hetero) is 1. The van der Waals surface area contributed by atoms with Crippen LogP contribution in [0, 0.1) is 5.41 Å². The Bertz CT molecular complexity index is 606. The Balaban J connectivity index is 1.82. The summed E-state index contributed by atoms with van der Waals surface area (Å²) < 4.78 is 10.4. The fraction of sp³-hybridized carbons (Fsp3) is 0.471. The lowest BCUT2D eigenvalue weighted by Crippen LogP contribution is -2.32. The van der Waals surface area contributed by atoms with E-state index in [2.05, 4.69) is 10.5 Å². The van der Waals surface area contributed by atoms with Crippen molar-refractivity contribution in [2.45, 2.75) is 33.1 Å². The average molecular weight is 318 g/mol. The number of nitrogens with one attached hydrogen (secondary N) is 1. The van der Waals surface area contributed by atoms with Gasteiger partial charge in [-0.05, 0) is 36.1 Å². The zero-order chi connectivity index (χ0) is 16.9. The molecular formula is C17H22N2O4. The van der Waals surface area contributed by atoms with Crippen molar-refractivity contribution in [3.63, 3.8) is 0 Å². The summed E-state index contributed by atoms with van der Waals surface area (Å²) in [6.07, 6.45) is 1.57. The summed E-state index contributed by atoms with van der Waals surface area (Å²) >= 11 is 0. The molecule has 1 aromatic carbocycles. The minimum Gasteiger partial charge on any atom is -0.497 e. The topological polar surface area (TPSA) is 77.0 Å². The fourth-order valence-electron chi connectivity index (χ4n) is 2.57. The van der Waals surface area contributed by atoms with Gasteiger partial charge in [0.15, 0.2) is 6.61 Å². The van der Waals surface area contributed by atoms with Gasteiger partial charge in [-0.3, -0.25) is 9.59 Å². The summed E-state index contributed by atoms with van der Waals surface area (Å²) in [5, 5.41) is 4.07. The molecule has 1 aliphatic carbocycles. The second-order valence-electron chi connectivity index (χ2n) is 6.41. The van der Waals surface area contributed by atoms with Crippen LogP contribution in [0.5, 0.6) is 11.5 Å². The van der Waals surface area contributed by atoms with Crippen LogP contribution in [0.3, 0.4) is 0 Å². The van der Waals surface area contributed by atoms with E-state index in [1.54, 1.807) is 31.4 Å². The summed E-state index contributed by atoms with van der Waals surface area (Å²) in [6.45, 7) is 3.91. The zero-order valence-electron chi connectivity index (χ0n) is 13.7. The third-order valence-corrected chi connectivity index (χ3v) is 3.53. The van der Waals surface area contributed by atoms with Gasteiger partial charge >= 0.3 is 0 Å². The third kappa shape index (κ3) is 5.39. The number of nitrogens with zero attached hydrogens (tertiary/aromatic N) is 1. The Labute approximate surface area is 135 Å². The second-order valence-corrected chi connectivity index (χ2v) is 6.41. The molecule has 0 aromatic heterocycles. The maximum absolute atomic E-state index is 11.8. The van der Waals surface area contributed by atoms with E-state index in [4.69, 9.17) is 9.47 Å². The van der Waals surface area contributed by atoms with Crippen molar-refractivity contribution in [2.75, 3.05) is 13.7 Å². The van der Waals surface area contributed by atoms with E-state index < -0.39 is 0 Å². The number of hydrazone groups is 1. The molecule has 23 heavy (non-hydrogen) atoms. The van der Waals surface area contributed by atoms with Crippen molar-refractivity contribution in [1.82, 2.24) is 5.43 Å². The maximum Gasteiger partial charge on any atom is 0.277 e. The number of hydrogen-bond donors (Lipinski definition) is 1. The summed E-state index contributed by atoms with van der Waals surface area (Å²) in [4.78, 5) is 23.4. The van der Waals surface area contributed by atoms with Crippen LogP contribution in [-0.4, -0.2) is 31.1 Å². The van der Waals surface area contributed by atoms with E-state index >= 15 is 0 Å². The first-order valence-corrected chi connectivity index (χ1v) is 7.51. The Morgan fingerprint density at radius 2 is 1.87 bits per heavy atom. The predicted molar refractivity (Wildman–Crippen MR) is 86.7 cm³/mol. The number of ketones is 1. The van der Waals surface area contributed by atoms with E-state index in [1.165, 1.54) is 0 Å². The van der Waals surface area contributed by atoms with Gasteiger partial charge in [0, 0.05) is 18.6 Å². The van der Waals surface area contributed by atoms with Crippen LogP contribution in [0.2, 0.25) is 0 Å². The molecule has 0 aliphatic heterocycles. The Kier molecular flexibility index (Phi) is 5.36. The van der Waals surface area contributed by atoms with E-state index in [-0.39, 0.29) is 23.7 Å². The van der Waals surface area contributed by atoms with E-state index in [1.807, 2.05) is 13.8 Å². The molecule has 1 amide bonds. The predicted octanol–water partition coefficient (Wildman–Crippen LogP) is 2.33. The van der Waals surface area contributed by atoms with Gasteiger partial charge in [0.05, 0.1) is 7.11 Å². The first-order valence-electron chi connectivity index (χ1n) is 7.51. The largest absolute Gasteiger partial charge is 0.497 e. The molecule has 1 N–H and O–H groups in total. The number of ether oxygens (including phenoxy) is 2. The average Bonchev–Trinajstić information content (AvgIpc) is 2.49. The molecule has 124 valence electrons. The van der Waals surface area contributed by atoms with Crippen molar-refractivity contribution in [2.24, 2.45) is 10.5 Å². The zero-order valence-corrected chi connectivity index (χ0v) is 13.7. The molecule has 0 bridgehead atoms. The summed E-state index contributed by atoms with van der Waals surface area (Å²) in [6, 6.07) is 6.95. The molecule has 6 heteroatoms. The van der Waals surface area contributed by atoms with Crippen LogP contribution in [0.1, 0.15) is 33.1 Å². The highest BCUT2D eigenvalue weighted by Crippen LogP contribution is 2.31. The number of rotatable bonds is 5. The lowest BCUT2D eigenvalue weighted by atomic mass is 9.76. The molecule has 0 heterocycles. The van der Waals surface area contributed by atoms with Crippen LogP contribution in [0.25, 0.3) is 0 Å². The summed E-state index contributed by atoms with van der Waals surface area (Å²) in [5.74, 6) is 1.09. The second kappa shape index (κ2) is 7.26. The minimum absolute atomic E-state index is 0.0987. The molecule has 0 atom stereocenters. The number of benzene rings is 1. The van der Waals surface area contributed by atoms with Crippen molar-refractivity contribution >= 4 is 17.4 Å². The molecule has 1 saturated carbocycles. The molecule has 0 radical (unpaired) electrons. The number of amides is 1.